The molecule has 3 rings (SSSR count). The van der Waals surface area contributed by atoms with Crippen molar-refractivity contribution in [3.05, 3.63) is 23.5 Å². The molecule has 0 unspecified atom stereocenters. The number of carboxylic acid groups (broad SMARTS) is 1. The van der Waals surface area contributed by atoms with E-state index in [0.717, 1.165) is 17.2 Å². The van der Waals surface area contributed by atoms with Gasteiger partial charge in [-0.2, -0.15) is 0 Å². The number of rotatable bonds is 6. The van der Waals surface area contributed by atoms with Crippen LogP contribution in [0.5, 0.6) is 0 Å². The standard InChI is InChI=1S/C12H15N3O2S/c16-11(17)8-14(5-9-1-2-9)6-10-7-15-3-4-18-12(15)13-10/h3-4,7,9H,1-2,5-6,8H2,(H,16,17). The quantitative estimate of drug-likeness (QED) is 0.863. The number of thiazole rings is 1. The number of aliphatic carboxylic acids is 1. The van der Waals surface area contributed by atoms with Crippen LogP contribution in [0.15, 0.2) is 17.8 Å². The van der Waals surface area contributed by atoms with Gasteiger partial charge in [-0.05, 0) is 18.8 Å². The van der Waals surface area contributed by atoms with E-state index < -0.39 is 5.97 Å². The van der Waals surface area contributed by atoms with Crippen molar-refractivity contribution in [2.45, 2.75) is 19.4 Å². The molecule has 0 aliphatic heterocycles. The monoisotopic (exact) mass is 265 g/mol. The fourth-order valence-corrected chi connectivity index (χ4v) is 2.84. The average molecular weight is 265 g/mol. The van der Waals surface area contributed by atoms with Crippen molar-refractivity contribution < 1.29 is 9.90 Å². The first kappa shape index (κ1) is 11.7. The third-order valence-corrected chi connectivity index (χ3v) is 3.87. The van der Waals surface area contributed by atoms with Gasteiger partial charge >= 0.3 is 5.97 Å². The Labute approximate surface area is 109 Å². The van der Waals surface area contributed by atoms with Crippen LogP contribution in [-0.2, 0) is 11.3 Å². The Kier molecular flexibility index (Phi) is 3.05. The first-order valence-electron chi connectivity index (χ1n) is 6.06. The van der Waals surface area contributed by atoms with Crippen LogP contribution in [-0.4, -0.2) is 38.4 Å². The molecule has 1 N–H and O–H groups in total. The lowest BCUT2D eigenvalue weighted by molar-refractivity contribution is -0.138. The van der Waals surface area contributed by atoms with Crippen LogP contribution in [0.4, 0.5) is 0 Å². The van der Waals surface area contributed by atoms with Crippen LogP contribution in [0.1, 0.15) is 18.5 Å². The van der Waals surface area contributed by atoms with Crippen molar-refractivity contribution in [1.82, 2.24) is 14.3 Å². The maximum Gasteiger partial charge on any atom is 0.317 e. The summed E-state index contributed by atoms with van der Waals surface area (Å²) in [5, 5.41) is 10.9. The third kappa shape index (κ3) is 2.70. The van der Waals surface area contributed by atoms with Crippen molar-refractivity contribution >= 4 is 22.3 Å². The molecule has 6 heteroatoms. The molecule has 0 saturated heterocycles. The summed E-state index contributed by atoms with van der Waals surface area (Å²) in [6.07, 6.45) is 6.41. The fraction of sp³-hybridized carbons (Fsp3) is 0.500. The summed E-state index contributed by atoms with van der Waals surface area (Å²) in [7, 11) is 0. The van der Waals surface area contributed by atoms with Crippen LogP contribution < -0.4 is 0 Å². The number of hydrogen-bond donors (Lipinski definition) is 1. The normalized spacial score (nSPS) is 15.6. The molecule has 1 saturated carbocycles. The Bertz CT molecular complexity index is 530. The highest BCUT2D eigenvalue weighted by Gasteiger charge is 2.25. The van der Waals surface area contributed by atoms with Crippen LogP contribution >= 0.6 is 11.3 Å². The van der Waals surface area contributed by atoms with Crippen LogP contribution in [0.3, 0.4) is 0 Å². The minimum Gasteiger partial charge on any atom is -0.480 e. The van der Waals surface area contributed by atoms with Gasteiger partial charge in [-0.3, -0.25) is 14.1 Å². The van der Waals surface area contributed by atoms with E-state index in [1.165, 1.54) is 12.8 Å². The maximum atomic E-state index is 10.9. The highest BCUT2D eigenvalue weighted by atomic mass is 32.1. The topological polar surface area (TPSA) is 57.8 Å². The summed E-state index contributed by atoms with van der Waals surface area (Å²) in [6, 6.07) is 0. The van der Waals surface area contributed by atoms with Gasteiger partial charge in [-0.15, -0.1) is 11.3 Å². The van der Waals surface area contributed by atoms with Gasteiger partial charge in [0.2, 0.25) is 0 Å². The molecule has 0 amide bonds. The fourth-order valence-electron chi connectivity index (χ4n) is 2.12. The van der Waals surface area contributed by atoms with E-state index in [1.807, 2.05) is 27.1 Å². The number of imidazole rings is 1. The zero-order chi connectivity index (χ0) is 12.5. The first-order chi connectivity index (χ1) is 8.70. The Morgan fingerprint density at radius 1 is 1.61 bits per heavy atom. The SMILES string of the molecule is O=C(O)CN(Cc1cn2ccsc2n1)CC1CC1. The lowest BCUT2D eigenvalue weighted by atomic mass is 10.3. The van der Waals surface area contributed by atoms with E-state index >= 15 is 0 Å². The van der Waals surface area contributed by atoms with Gasteiger partial charge in [0, 0.05) is 30.9 Å². The predicted octanol–water partition coefficient (Wildman–Crippen LogP) is 1.69. The third-order valence-electron chi connectivity index (χ3n) is 3.10. The Morgan fingerprint density at radius 2 is 2.44 bits per heavy atom. The van der Waals surface area contributed by atoms with Gasteiger partial charge < -0.3 is 5.11 Å². The van der Waals surface area contributed by atoms with Crippen LogP contribution in [0.2, 0.25) is 0 Å². The van der Waals surface area contributed by atoms with E-state index in [9.17, 15) is 4.79 Å². The zero-order valence-corrected chi connectivity index (χ0v) is 10.8. The second kappa shape index (κ2) is 4.70. The molecule has 0 bridgehead atoms. The van der Waals surface area contributed by atoms with Crippen molar-refractivity contribution in [1.29, 1.82) is 0 Å². The molecule has 0 radical (unpaired) electrons. The lowest BCUT2D eigenvalue weighted by Crippen LogP contribution is -2.31. The number of fused-ring (bicyclic) bond motifs is 1. The lowest BCUT2D eigenvalue weighted by Gasteiger charge is -2.18. The molecule has 5 nitrogen and oxygen atoms in total. The van der Waals surface area contributed by atoms with Gasteiger partial charge in [0.05, 0.1) is 12.2 Å². The molecule has 0 spiro atoms. The van der Waals surface area contributed by atoms with Crippen molar-refractivity contribution in [2.24, 2.45) is 5.92 Å². The molecular weight excluding hydrogens is 250 g/mol. The van der Waals surface area contributed by atoms with E-state index in [2.05, 4.69) is 4.98 Å². The van der Waals surface area contributed by atoms with Gasteiger partial charge in [-0.1, -0.05) is 0 Å². The average Bonchev–Trinajstić information content (AvgIpc) is 2.84. The molecule has 0 atom stereocenters. The van der Waals surface area contributed by atoms with Crippen molar-refractivity contribution in [3.8, 4) is 0 Å². The minimum atomic E-state index is -0.767. The summed E-state index contributed by atoms with van der Waals surface area (Å²) in [5.41, 5.74) is 0.948. The molecule has 1 aliphatic carbocycles. The molecule has 2 aromatic heterocycles. The van der Waals surface area contributed by atoms with Crippen LogP contribution in [0.25, 0.3) is 4.96 Å². The number of carboxylic acids is 1. The molecule has 18 heavy (non-hydrogen) atoms. The number of hydrogen-bond acceptors (Lipinski definition) is 4. The molecule has 0 aromatic carbocycles. The van der Waals surface area contributed by atoms with Crippen LogP contribution in [0, 0.1) is 5.92 Å². The first-order valence-corrected chi connectivity index (χ1v) is 6.94. The van der Waals surface area contributed by atoms with E-state index in [1.54, 1.807) is 11.3 Å². The van der Waals surface area contributed by atoms with Crippen molar-refractivity contribution in [3.63, 3.8) is 0 Å². The zero-order valence-electron chi connectivity index (χ0n) is 9.95. The highest BCUT2D eigenvalue weighted by molar-refractivity contribution is 7.15. The van der Waals surface area contributed by atoms with E-state index in [-0.39, 0.29) is 6.54 Å². The second-order valence-electron chi connectivity index (χ2n) is 4.83. The Hall–Kier alpha value is -1.40. The summed E-state index contributed by atoms with van der Waals surface area (Å²) in [5.74, 6) is -0.0789. The van der Waals surface area contributed by atoms with E-state index in [4.69, 9.17) is 5.11 Å². The van der Waals surface area contributed by atoms with Gasteiger partial charge in [0.1, 0.15) is 0 Å². The molecule has 1 fully saturated rings. The Morgan fingerprint density at radius 3 is 3.11 bits per heavy atom. The summed E-state index contributed by atoms with van der Waals surface area (Å²) in [4.78, 5) is 18.3. The molecule has 96 valence electrons. The number of nitrogens with zero attached hydrogens (tertiary/aromatic N) is 3. The summed E-state index contributed by atoms with van der Waals surface area (Å²) in [6.45, 7) is 1.59. The predicted molar refractivity (Wildman–Crippen MR) is 68.7 cm³/mol. The molecule has 2 aromatic rings. The smallest absolute Gasteiger partial charge is 0.317 e. The maximum absolute atomic E-state index is 10.9. The summed E-state index contributed by atoms with van der Waals surface area (Å²) >= 11 is 1.59. The van der Waals surface area contributed by atoms with Gasteiger partial charge in [0.15, 0.2) is 4.96 Å². The van der Waals surface area contributed by atoms with Gasteiger partial charge in [0.25, 0.3) is 0 Å². The second-order valence-corrected chi connectivity index (χ2v) is 5.70. The number of aromatic nitrogens is 2. The Balaban J connectivity index is 1.69. The summed E-state index contributed by atoms with van der Waals surface area (Å²) < 4.78 is 1.98. The molecule has 1 aliphatic rings. The van der Waals surface area contributed by atoms with Gasteiger partial charge in [-0.25, -0.2) is 4.98 Å². The largest absolute Gasteiger partial charge is 0.480 e. The number of carbonyl (C=O) groups is 1. The highest BCUT2D eigenvalue weighted by Crippen LogP contribution is 2.30. The molecule has 2 heterocycles. The molecular formula is C12H15N3O2S. The minimum absolute atomic E-state index is 0.0989. The van der Waals surface area contributed by atoms with E-state index in [0.29, 0.717) is 12.5 Å². The van der Waals surface area contributed by atoms with Crippen molar-refractivity contribution in [2.75, 3.05) is 13.1 Å².